The fourth-order valence-corrected chi connectivity index (χ4v) is 2.17. The zero-order valence-corrected chi connectivity index (χ0v) is 13.0. The Morgan fingerprint density at radius 2 is 1.90 bits per heavy atom. The number of pyridine rings is 1. The van der Waals surface area contributed by atoms with Crippen molar-refractivity contribution >= 4 is 44.9 Å². The van der Waals surface area contributed by atoms with Gasteiger partial charge in [0.25, 0.3) is 5.91 Å². The quantitative estimate of drug-likeness (QED) is 0.849. The van der Waals surface area contributed by atoms with Gasteiger partial charge in [0.15, 0.2) is 11.6 Å². The van der Waals surface area contributed by atoms with Crippen LogP contribution in [-0.4, -0.2) is 17.9 Å². The van der Waals surface area contributed by atoms with Crippen LogP contribution in [-0.2, 0) is 0 Å². The lowest BCUT2D eigenvalue weighted by Crippen LogP contribution is -2.17. The van der Waals surface area contributed by atoms with Crippen LogP contribution in [0.1, 0.15) is 10.5 Å². The number of carbonyl (C=O) groups is 1. The highest BCUT2D eigenvalue weighted by Gasteiger charge is 2.18. The summed E-state index contributed by atoms with van der Waals surface area (Å²) >= 11 is 8.83. The number of nitrogens with one attached hydrogen (secondary N) is 2. The van der Waals surface area contributed by atoms with Gasteiger partial charge in [-0.15, -0.1) is 0 Å². The molecule has 2 N–H and O–H groups in total. The van der Waals surface area contributed by atoms with Crippen LogP contribution in [0.15, 0.2) is 28.7 Å². The van der Waals surface area contributed by atoms with Gasteiger partial charge in [-0.1, -0.05) is 27.5 Å². The molecule has 1 aromatic heterocycles. The molecule has 8 heteroatoms. The van der Waals surface area contributed by atoms with E-state index in [0.29, 0.717) is 5.82 Å². The minimum absolute atomic E-state index is 0.0735. The normalized spacial score (nSPS) is 10.3. The molecule has 2 aromatic rings. The number of hydrogen-bond donors (Lipinski definition) is 2. The van der Waals surface area contributed by atoms with Crippen LogP contribution >= 0.6 is 27.5 Å². The zero-order chi connectivity index (χ0) is 15.6. The second-order valence-electron chi connectivity index (χ2n) is 3.98. The molecule has 0 unspecified atom stereocenters. The van der Waals surface area contributed by atoms with Crippen molar-refractivity contribution in [3.8, 4) is 0 Å². The molecule has 0 atom stereocenters. The average Bonchev–Trinajstić information content (AvgIpc) is 2.43. The van der Waals surface area contributed by atoms with E-state index in [1.807, 2.05) is 0 Å². The number of benzene rings is 1. The Hall–Kier alpha value is -1.73. The summed E-state index contributed by atoms with van der Waals surface area (Å²) in [6, 6.07) is 5.11. The Kier molecular flexibility index (Phi) is 4.74. The number of aromatic nitrogens is 1. The lowest BCUT2D eigenvalue weighted by Gasteiger charge is -2.09. The van der Waals surface area contributed by atoms with Gasteiger partial charge in [-0.3, -0.25) is 4.79 Å². The first-order chi connectivity index (χ1) is 9.92. The molecule has 1 amide bonds. The molecule has 2 rings (SSSR count). The number of rotatable bonds is 3. The number of amides is 1. The molecule has 0 fully saturated rings. The van der Waals surface area contributed by atoms with Crippen molar-refractivity contribution in [3.63, 3.8) is 0 Å². The van der Waals surface area contributed by atoms with Crippen LogP contribution < -0.4 is 10.6 Å². The Balaban J connectivity index is 2.35. The van der Waals surface area contributed by atoms with Crippen molar-refractivity contribution in [2.24, 2.45) is 0 Å². The van der Waals surface area contributed by atoms with E-state index in [0.717, 1.165) is 12.1 Å². The zero-order valence-electron chi connectivity index (χ0n) is 10.7. The first-order valence-corrected chi connectivity index (χ1v) is 6.89. The minimum Gasteiger partial charge on any atom is -0.373 e. The second-order valence-corrected chi connectivity index (χ2v) is 5.30. The highest BCUT2D eigenvalue weighted by atomic mass is 79.9. The monoisotopic (exact) mass is 375 g/mol. The molecular weight excluding hydrogens is 368 g/mol. The summed E-state index contributed by atoms with van der Waals surface area (Å²) in [4.78, 5) is 16.0. The fourth-order valence-electron chi connectivity index (χ4n) is 1.57. The molecule has 0 aliphatic rings. The van der Waals surface area contributed by atoms with Crippen molar-refractivity contribution < 1.29 is 13.6 Å². The summed E-state index contributed by atoms with van der Waals surface area (Å²) in [5.74, 6) is -2.22. The smallest absolute Gasteiger partial charge is 0.276 e. The van der Waals surface area contributed by atoms with E-state index in [2.05, 4.69) is 31.5 Å². The van der Waals surface area contributed by atoms with Crippen LogP contribution in [0.3, 0.4) is 0 Å². The summed E-state index contributed by atoms with van der Waals surface area (Å²) in [6.45, 7) is 0. The summed E-state index contributed by atoms with van der Waals surface area (Å²) in [5.41, 5.74) is -0.693. The first kappa shape index (κ1) is 15.7. The van der Waals surface area contributed by atoms with E-state index < -0.39 is 23.2 Å². The van der Waals surface area contributed by atoms with Crippen molar-refractivity contribution in [2.45, 2.75) is 0 Å². The first-order valence-electron chi connectivity index (χ1n) is 5.72. The molecule has 0 radical (unpaired) electrons. The van der Waals surface area contributed by atoms with E-state index >= 15 is 0 Å². The van der Waals surface area contributed by atoms with Crippen molar-refractivity contribution in [1.82, 2.24) is 4.98 Å². The third kappa shape index (κ3) is 3.48. The van der Waals surface area contributed by atoms with Gasteiger partial charge in [0.2, 0.25) is 0 Å². The van der Waals surface area contributed by atoms with E-state index in [1.165, 1.54) is 6.07 Å². The Bertz CT molecular complexity index is 689. The molecular formula is C13H9BrClF2N3O. The SMILES string of the molecule is CNc1ccc(Cl)c(C(=O)Nc2c(F)cc(Br)cc2F)n1. The van der Waals surface area contributed by atoms with Gasteiger partial charge < -0.3 is 10.6 Å². The second kappa shape index (κ2) is 6.36. The molecule has 21 heavy (non-hydrogen) atoms. The molecule has 4 nitrogen and oxygen atoms in total. The summed E-state index contributed by atoms with van der Waals surface area (Å²) in [6.07, 6.45) is 0. The average molecular weight is 377 g/mol. The Labute approximate surface area is 132 Å². The van der Waals surface area contributed by atoms with Gasteiger partial charge in [-0.25, -0.2) is 13.8 Å². The Morgan fingerprint density at radius 3 is 2.48 bits per heavy atom. The highest BCUT2D eigenvalue weighted by Crippen LogP contribution is 2.25. The number of anilines is 2. The molecule has 0 saturated carbocycles. The highest BCUT2D eigenvalue weighted by molar-refractivity contribution is 9.10. The van der Waals surface area contributed by atoms with Crippen LogP contribution in [0.25, 0.3) is 0 Å². The van der Waals surface area contributed by atoms with Gasteiger partial charge in [0.05, 0.1) is 5.02 Å². The van der Waals surface area contributed by atoms with Gasteiger partial charge in [-0.05, 0) is 24.3 Å². The number of halogens is 4. The molecule has 1 heterocycles. The number of carbonyl (C=O) groups excluding carboxylic acids is 1. The van der Waals surface area contributed by atoms with Crippen molar-refractivity contribution in [1.29, 1.82) is 0 Å². The van der Waals surface area contributed by atoms with Crippen molar-refractivity contribution in [2.75, 3.05) is 17.7 Å². The topological polar surface area (TPSA) is 54.0 Å². The standard InChI is InChI=1S/C13H9BrClF2N3O/c1-18-10-3-2-7(15)11(19-10)13(21)20-12-8(16)4-6(14)5-9(12)17/h2-5H,1H3,(H,18,19)(H,20,21). The molecule has 0 spiro atoms. The molecule has 0 saturated heterocycles. The summed E-state index contributed by atoms with van der Waals surface area (Å²) in [5, 5.41) is 4.94. The summed E-state index contributed by atoms with van der Waals surface area (Å²) < 4.78 is 27.6. The van der Waals surface area contributed by atoms with Crippen LogP contribution in [0.5, 0.6) is 0 Å². The van der Waals surface area contributed by atoms with Gasteiger partial charge in [-0.2, -0.15) is 0 Å². The van der Waals surface area contributed by atoms with E-state index in [9.17, 15) is 13.6 Å². The third-order valence-electron chi connectivity index (χ3n) is 2.56. The molecule has 0 aliphatic heterocycles. The van der Waals surface area contributed by atoms with Crippen LogP contribution in [0.4, 0.5) is 20.3 Å². The van der Waals surface area contributed by atoms with Gasteiger partial charge in [0, 0.05) is 11.5 Å². The fraction of sp³-hybridized carbons (Fsp3) is 0.0769. The summed E-state index contributed by atoms with van der Waals surface area (Å²) in [7, 11) is 1.62. The predicted molar refractivity (Wildman–Crippen MR) is 80.8 cm³/mol. The Morgan fingerprint density at radius 1 is 1.29 bits per heavy atom. The third-order valence-corrected chi connectivity index (χ3v) is 3.33. The van der Waals surface area contributed by atoms with Gasteiger partial charge in [0.1, 0.15) is 17.2 Å². The number of hydrogen-bond acceptors (Lipinski definition) is 3. The maximum atomic E-state index is 13.7. The maximum absolute atomic E-state index is 13.7. The largest absolute Gasteiger partial charge is 0.373 e. The molecule has 0 aliphatic carbocycles. The van der Waals surface area contributed by atoms with Crippen LogP contribution in [0, 0.1) is 11.6 Å². The van der Waals surface area contributed by atoms with Crippen molar-refractivity contribution in [3.05, 3.63) is 51.1 Å². The van der Waals surface area contributed by atoms with E-state index in [1.54, 1.807) is 13.1 Å². The van der Waals surface area contributed by atoms with Gasteiger partial charge >= 0.3 is 0 Å². The lowest BCUT2D eigenvalue weighted by molar-refractivity contribution is 0.102. The van der Waals surface area contributed by atoms with E-state index in [-0.39, 0.29) is 15.2 Å². The molecule has 110 valence electrons. The van der Waals surface area contributed by atoms with Crippen LogP contribution in [0.2, 0.25) is 5.02 Å². The lowest BCUT2D eigenvalue weighted by atomic mass is 10.2. The minimum atomic E-state index is -0.906. The molecule has 1 aromatic carbocycles. The number of nitrogens with zero attached hydrogens (tertiary/aromatic N) is 1. The van der Waals surface area contributed by atoms with E-state index in [4.69, 9.17) is 11.6 Å². The maximum Gasteiger partial charge on any atom is 0.276 e. The predicted octanol–water partition coefficient (Wildman–Crippen LogP) is 4.07. The molecule has 0 bridgehead atoms.